The highest BCUT2D eigenvalue weighted by Crippen LogP contribution is 2.44. The number of ketones is 1. The highest BCUT2D eigenvalue weighted by Gasteiger charge is 2.52. The average Bonchev–Trinajstić information content (AvgIpc) is 3.45. The van der Waals surface area contributed by atoms with Crippen molar-refractivity contribution < 1.29 is 18.7 Å². The molecule has 36 heavy (non-hydrogen) atoms. The fourth-order valence-electron chi connectivity index (χ4n) is 6.11. The Kier molecular flexibility index (Phi) is 8.20. The lowest BCUT2D eigenvalue weighted by molar-refractivity contribution is -0.126. The van der Waals surface area contributed by atoms with E-state index in [2.05, 4.69) is 17.9 Å². The zero-order valence-electron chi connectivity index (χ0n) is 22.3. The Balaban J connectivity index is 1.41. The molecular weight excluding hydrogens is 457 g/mol. The minimum atomic E-state index is -0.612. The largest absolute Gasteiger partial charge is 0.444 e. The summed E-state index contributed by atoms with van der Waals surface area (Å²) in [6.45, 7) is 10.9. The van der Waals surface area contributed by atoms with E-state index in [1.54, 1.807) is 11.0 Å². The van der Waals surface area contributed by atoms with Crippen molar-refractivity contribution in [3.8, 4) is 0 Å². The number of hydrogen-bond donors (Lipinski definition) is 1. The Hall–Kier alpha value is -2.25. The summed E-state index contributed by atoms with van der Waals surface area (Å²) in [5.74, 6) is -0.220. The van der Waals surface area contributed by atoms with Gasteiger partial charge in [-0.05, 0) is 101 Å². The van der Waals surface area contributed by atoms with Gasteiger partial charge in [0, 0.05) is 25.6 Å². The van der Waals surface area contributed by atoms with Crippen molar-refractivity contribution in [1.82, 2.24) is 9.80 Å². The number of hydrogen-bond acceptors (Lipinski definition) is 5. The average molecular weight is 500 g/mol. The molecule has 4 rings (SSSR count). The molecule has 6 nitrogen and oxygen atoms in total. The van der Waals surface area contributed by atoms with E-state index in [9.17, 15) is 9.59 Å². The van der Waals surface area contributed by atoms with E-state index >= 15 is 4.39 Å². The molecule has 1 amide bonds. The summed E-state index contributed by atoms with van der Waals surface area (Å²) in [5.41, 5.74) is 8.15. The van der Waals surface area contributed by atoms with Crippen molar-refractivity contribution in [2.45, 2.75) is 83.9 Å². The Labute approximate surface area is 215 Å². The van der Waals surface area contributed by atoms with Crippen molar-refractivity contribution >= 4 is 17.4 Å². The predicted molar refractivity (Wildman–Crippen MR) is 140 cm³/mol. The zero-order valence-corrected chi connectivity index (χ0v) is 22.3. The number of halogens is 1. The van der Waals surface area contributed by atoms with Crippen LogP contribution in [0.4, 0.5) is 9.18 Å². The van der Waals surface area contributed by atoms with Gasteiger partial charge in [0.1, 0.15) is 11.4 Å². The second-order valence-corrected chi connectivity index (χ2v) is 11.7. The van der Waals surface area contributed by atoms with Crippen LogP contribution in [0.25, 0.3) is 5.57 Å². The number of carbonyl (C=O) groups is 2. The van der Waals surface area contributed by atoms with Gasteiger partial charge in [-0.1, -0.05) is 25.1 Å². The monoisotopic (exact) mass is 499 g/mol. The first-order valence-corrected chi connectivity index (χ1v) is 13.5. The van der Waals surface area contributed by atoms with Gasteiger partial charge in [0.15, 0.2) is 5.78 Å². The third-order valence-electron chi connectivity index (χ3n) is 8.02. The minimum Gasteiger partial charge on any atom is -0.444 e. The number of carbonyl (C=O) groups excluding carboxylic acids is 2. The summed E-state index contributed by atoms with van der Waals surface area (Å²) in [7, 11) is 0. The van der Waals surface area contributed by atoms with Gasteiger partial charge in [0.05, 0.1) is 6.04 Å². The van der Waals surface area contributed by atoms with E-state index in [1.165, 1.54) is 5.57 Å². The number of amides is 1. The quantitative estimate of drug-likeness (QED) is 0.556. The van der Waals surface area contributed by atoms with Crippen LogP contribution in [-0.4, -0.2) is 65.5 Å². The molecule has 7 heteroatoms. The van der Waals surface area contributed by atoms with Crippen molar-refractivity contribution in [2.24, 2.45) is 17.6 Å². The van der Waals surface area contributed by atoms with Crippen LogP contribution in [0.15, 0.2) is 24.3 Å². The van der Waals surface area contributed by atoms with Crippen LogP contribution in [0.1, 0.15) is 70.9 Å². The smallest absolute Gasteiger partial charge is 0.411 e. The number of Topliss-reactive ketones (excluding diaryl/α,β-unsaturated/α-hetero) is 1. The standard InChI is InChI=1S/C29H42FN3O3/c1-5-32-12-10-20(11-13-32)21-6-7-22(25(30)17-21)14-19(18-31)15-26(34)27-23-8-9-24(16-23)33(27)28(35)36-29(2,3)4/h6-7,10,17,19,23-24,27H,5,8-9,11-16,18,31H2,1-4H3/t19-,23+,24-,27+/m1/s1. The van der Waals surface area contributed by atoms with Crippen LogP contribution >= 0.6 is 0 Å². The van der Waals surface area contributed by atoms with Gasteiger partial charge in [0.25, 0.3) is 0 Å². The predicted octanol–water partition coefficient (Wildman–Crippen LogP) is 4.80. The Morgan fingerprint density at radius 2 is 2.03 bits per heavy atom. The number of likely N-dealkylation sites (N-methyl/N-ethyl adjacent to an activating group) is 1. The number of rotatable bonds is 8. The molecule has 2 bridgehead atoms. The van der Waals surface area contributed by atoms with E-state index < -0.39 is 17.7 Å². The normalized spacial score (nSPS) is 25.1. The molecule has 2 aliphatic heterocycles. The number of ether oxygens (including phenoxy) is 1. The number of likely N-dealkylation sites (tertiary alicyclic amines) is 1. The van der Waals surface area contributed by atoms with Crippen LogP contribution in [-0.2, 0) is 16.0 Å². The molecule has 198 valence electrons. The Morgan fingerprint density at radius 1 is 1.25 bits per heavy atom. The third kappa shape index (κ3) is 6.00. The van der Waals surface area contributed by atoms with Crippen LogP contribution in [0.3, 0.4) is 0 Å². The molecule has 0 aromatic heterocycles. The summed E-state index contributed by atoms with van der Waals surface area (Å²) < 4.78 is 20.7. The molecular formula is C29H42FN3O3. The van der Waals surface area contributed by atoms with E-state index in [-0.39, 0.29) is 42.4 Å². The van der Waals surface area contributed by atoms with Crippen molar-refractivity contribution in [3.05, 3.63) is 41.2 Å². The Bertz CT molecular complexity index is 1000. The second-order valence-electron chi connectivity index (χ2n) is 11.7. The summed E-state index contributed by atoms with van der Waals surface area (Å²) in [4.78, 5) is 30.4. The molecule has 3 aliphatic rings. The molecule has 2 N–H and O–H groups in total. The van der Waals surface area contributed by atoms with Crippen LogP contribution in [0.5, 0.6) is 0 Å². The van der Waals surface area contributed by atoms with Crippen molar-refractivity contribution in [3.63, 3.8) is 0 Å². The molecule has 1 saturated carbocycles. The van der Waals surface area contributed by atoms with Gasteiger partial charge in [0.2, 0.25) is 0 Å². The molecule has 4 atom stereocenters. The van der Waals surface area contributed by atoms with Gasteiger partial charge in [-0.25, -0.2) is 9.18 Å². The topological polar surface area (TPSA) is 75.9 Å². The van der Waals surface area contributed by atoms with Gasteiger partial charge in [-0.2, -0.15) is 0 Å². The second kappa shape index (κ2) is 11.0. The number of nitrogens with zero attached hydrogens (tertiary/aromatic N) is 2. The molecule has 2 fully saturated rings. The minimum absolute atomic E-state index is 0.0216. The molecule has 1 aromatic rings. The Morgan fingerprint density at radius 3 is 2.64 bits per heavy atom. The molecule has 0 unspecified atom stereocenters. The lowest BCUT2D eigenvalue weighted by Gasteiger charge is -2.36. The maximum atomic E-state index is 15.1. The lowest BCUT2D eigenvalue weighted by atomic mass is 9.87. The fourth-order valence-corrected chi connectivity index (χ4v) is 6.11. The third-order valence-corrected chi connectivity index (χ3v) is 8.02. The van der Waals surface area contributed by atoms with Crippen molar-refractivity contribution in [1.29, 1.82) is 0 Å². The molecule has 1 aromatic carbocycles. The first-order chi connectivity index (χ1) is 17.1. The molecule has 1 saturated heterocycles. The van der Waals surface area contributed by atoms with Crippen LogP contribution in [0.2, 0.25) is 0 Å². The highest BCUT2D eigenvalue weighted by atomic mass is 19.1. The number of nitrogens with two attached hydrogens (primary N) is 1. The molecule has 0 spiro atoms. The highest BCUT2D eigenvalue weighted by molar-refractivity contribution is 5.89. The van der Waals surface area contributed by atoms with Crippen LogP contribution in [0, 0.1) is 17.7 Å². The van der Waals surface area contributed by atoms with Gasteiger partial charge in [-0.15, -0.1) is 0 Å². The maximum Gasteiger partial charge on any atom is 0.411 e. The van der Waals surface area contributed by atoms with E-state index in [0.29, 0.717) is 12.0 Å². The van der Waals surface area contributed by atoms with Gasteiger partial charge < -0.3 is 10.5 Å². The van der Waals surface area contributed by atoms with E-state index in [4.69, 9.17) is 10.5 Å². The molecule has 1 aliphatic carbocycles. The number of benzene rings is 1. The summed E-state index contributed by atoms with van der Waals surface area (Å²) in [5, 5.41) is 0. The fraction of sp³-hybridized carbons (Fsp3) is 0.655. The molecule has 0 radical (unpaired) electrons. The van der Waals surface area contributed by atoms with E-state index in [1.807, 2.05) is 32.9 Å². The van der Waals surface area contributed by atoms with Gasteiger partial charge >= 0.3 is 6.09 Å². The molecule has 2 heterocycles. The first kappa shape index (κ1) is 26.8. The summed E-state index contributed by atoms with van der Waals surface area (Å²) in [6, 6.07) is 5.06. The van der Waals surface area contributed by atoms with Crippen LogP contribution < -0.4 is 5.73 Å². The SMILES string of the molecule is CCN1CC=C(c2ccc(C[C@@H](CN)CC(=O)[C@@H]3[C@H]4CC[C@H](C4)N3C(=O)OC(C)(C)C)c(F)c2)CC1. The number of piperidine rings is 1. The first-order valence-electron chi connectivity index (χ1n) is 13.5. The maximum absolute atomic E-state index is 15.1. The van der Waals surface area contributed by atoms with Gasteiger partial charge in [-0.3, -0.25) is 14.6 Å². The summed E-state index contributed by atoms with van der Waals surface area (Å²) in [6.07, 6.45) is 6.07. The summed E-state index contributed by atoms with van der Waals surface area (Å²) >= 11 is 0. The number of fused-ring (bicyclic) bond motifs is 2. The zero-order chi connectivity index (χ0) is 26.0. The van der Waals surface area contributed by atoms with E-state index in [0.717, 1.165) is 50.9 Å². The van der Waals surface area contributed by atoms with Crippen molar-refractivity contribution in [2.75, 3.05) is 26.2 Å². The lowest BCUT2D eigenvalue weighted by Crippen LogP contribution is -2.51.